The molecule has 0 unspecified atom stereocenters. The first-order valence-corrected chi connectivity index (χ1v) is 8.44. The number of carbonyl (C=O) groups is 2. The Bertz CT molecular complexity index is 556. The van der Waals surface area contributed by atoms with E-state index >= 15 is 0 Å². The third-order valence-corrected chi connectivity index (χ3v) is 4.13. The van der Waals surface area contributed by atoms with Crippen molar-refractivity contribution in [3.05, 3.63) is 23.8 Å². The molecule has 1 heterocycles. The van der Waals surface area contributed by atoms with Gasteiger partial charge in [0.2, 0.25) is 0 Å². The zero-order valence-corrected chi connectivity index (χ0v) is 13.7. The summed E-state index contributed by atoms with van der Waals surface area (Å²) in [5.41, 5.74) is 0.749. The minimum atomic E-state index is -0.998. The van der Waals surface area contributed by atoms with Gasteiger partial charge in [0.15, 0.2) is 6.61 Å². The number of carboxylic acid groups (broad SMARTS) is 1. The van der Waals surface area contributed by atoms with Gasteiger partial charge in [-0.2, -0.15) is 0 Å². The number of nitrogens with zero attached hydrogens (tertiary/aromatic N) is 1. The van der Waals surface area contributed by atoms with E-state index in [0.717, 1.165) is 12.8 Å². The second-order valence-corrected chi connectivity index (χ2v) is 5.94. The number of aromatic carboxylic acids is 1. The monoisotopic (exact) mass is 319 g/mol. The summed E-state index contributed by atoms with van der Waals surface area (Å²) < 4.78 is 5.39. The van der Waals surface area contributed by atoms with Crippen molar-refractivity contribution in [3.63, 3.8) is 0 Å². The van der Waals surface area contributed by atoms with Crippen LogP contribution < -0.4 is 9.64 Å². The quantitative estimate of drug-likeness (QED) is 0.702. The number of hydrogen-bond donors (Lipinski definition) is 1. The first-order chi connectivity index (χ1) is 11.1. The number of carboxylic acids is 1. The molecular formula is C18H25NO4. The highest BCUT2D eigenvalue weighted by molar-refractivity contribution is 5.99. The van der Waals surface area contributed by atoms with Crippen LogP contribution in [0.5, 0.6) is 5.75 Å². The van der Waals surface area contributed by atoms with Crippen molar-refractivity contribution < 1.29 is 19.4 Å². The van der Waals surface area contributed by atoms with Gasteiger partial charge in [0, 0.05) is 6.54 Å². The molecule has 1 aliphatic rings. The summed E-state index contributed by atoms with van der Waals surface area (Å²) in [6, 6.07) is 4.65. The molecule has 1 aromatic carbocycles. The Balaban J connectivity index is 1.92. The normalized spacial score (nSPS) is 13.6. The molecule has 1 amide bonds. The van der Waals surface area contributed by atoms with Gasteiger partial charge >= 0.3 is 5.97 Å². The van der Waals surface area contributed by atoms with Crippen molar-refractivity contribution in [3.8, 4) is 5.75 Å². The summed E-state index contributed by atoms with van der Waals surface area (Å²) >= 11 is 0. The first-order valence-electron chi connectivity index (χ1n) is 8.44. The van der Waals surface area contributed by atoms with E-state index in [-0.39, 0.29) is 18.1 Å². The minimum Gasteiger partial charge on any atom is -0.482 e. The van der Waals surface area contributed by atoms with E-state index in [1.54, 1.807) is 11.0 Å². The lowest BCUT2D eigenvalue weighted by Gasteiger charge is -2.29. The van der Waals surface area contributed by atoms with Gasteiger partial charge in [-0.05, 0) is 24.6 Å². The molecule has 5 heteroatoms. The lowest BCUT2D eigenvalue weighted by atomic mass is 10.1. The van der Waals surface area contributed by atoms with Crippen molar-refractivity contribution in [2.75, 3.05) is 18.1 Å². The molecule has 0 spiro atoms. The summed E-state index contributed by atoms with van der Waals surface area (Å²) in [5, 5.41) is 9.11. The number of unbranched alkanes of at least 4 members (excludes halogenated alkanes) is 6. The van der Waals surface area contributed by atoms with Crippen molar-refractivity contribution in [1.82, 2.24) is 0 Å². The maximum atomic E-state index is 12.1. The fraction of sp³-hybridized carbons (Fsp3) is 0.556. The molecule has 126 valence electrons. The molecule has 1 aliphatic heterocycles. The van der Waals surface area contributed by atoms with E-state index in [0.29, 0.717) is 18.0 Å². The Morgan fingerprint density at radius 2 is 1.87 bits per heavy atom. The summed E-state index contributed by atoms with van der Waals surface area (Å²) in [4.78, 5) is 24.9. The van der Waals surface area contributed by atoms with Crippen molar-refractivity contribution >= 4 is 17.6 Å². The smallest absolute Gasteiger partial charge is 0.335 e. The summed E-state index contributed by atoms with van der Waals surface area (Å²) in [7, 11) is 0. The highest BCUT2D eigenvalue weighted by Crippen LogP contribution is 2.33. The average Bonchev–Trinajstić information content (AvgIpc) is 2.55. The maximum absolute atomic E-state index is 12.1. The predicted molar refractivity (Wildman–Crippen MR) is 89.2 cm³/mol. The van der Waals surface area contributed by atoms with Gasteiger partial charge in [0.1, 0.15) is 5.75 Å². The van der Waals surface area contributed by atoms with Crippen LogP contribution in [-0.2, 0) is 4.79 Å². The predicted octanol–water partition coefficient (Wildman–Crippen LogP) is 3.86. The van der Waals surface area contributed by atoms with E-state index in [9.17, 15) is 9.59 Å². The second-order valence-electron chi connectivity index (χ2n) is 5.94. The van der Waals surface area contributed by atoms with Gasteiger partial charge in [-0.25, -0.2) is 4.79 Å². The molecular weight excluding hydrogens is 294 g/mol. The van der Waals surface area contributed by atoms with E-state index in [2.05, 4.69) is 6.92 Å². The van der Waals surface area contributed by atoms with E-state index < -0.39 is 5.97 Å². The number of benzene rings is 1. The molecule has 5 nitrogen and oxygen atoms in total. The van der Waals surface area contributed by atoms with Gasteiger partial charge in [0.05, 0.1) is 11.3 Å². The van der Waals surface area contributed by atoms with Crippen LogP contribution in [0.3, 0.4) is 0 Å². The Morgan fingerprint density at radius 3 is 2.57 bits per heavy atom. The number of ether oxygens (including phenoxy) is 1. The number of anilines is 1. The highest BCUT2D eigenvalue weighted by atomic mass is 16.5. The Morgan fingerprint density at radius 1 is 1.17 bits per heavy atom. The molecule has 0 atom stereocenters. The summed E-state index contributed by atoms with van der Waals surface area (Å²) in [6.45, 7) is 2.84. The van der Waals surface area contributed by atoms with Crippen LogP contribution in [0.4, 0.5) is 5.69 Å². The summed E-state index contributed by atoms with van der Waals surface area (Å²) in [5.74, 6) is -0.523. The molecule has 2 rings (SSSR count). The van der Waals surface area contributed by atoms with Crippen LogP contribution in [0.1, 0.15) is 62.2 Å². The molecule has 1 aromatic rings. The van der Waals surface area contributed by atoms with E-state index in [4.69, 9.17) is 9.84 Å². The van der Waals surface area contributed by atoms with Crippen molar-refractivity contribution in [2.24, 2.45) is 0 Å². The molecule has 0 saturated heterocycles. The van der Waals surface area contributed by atoms with Crippen molar-refractivity contribution in [1.29, 1.82) is 0 Å². The fourth-order valence-electron chi connectivity index (χ4n) is 2.81. The highest BCUT2D eigenvalue weighted by Gasteiger charge is 2.26. The van der Waals surface area contributed by atoms with E-state index in [1.165, 1.54) is 44.2 Å². The van der Waals surface area contributed by atoms with Gasteiger partial charge in [-0.1, -0.05) is 45.4 Å². The summed E-state index contributed by atoms with van der Waals surface area (Å²) in [6.07, 6.45) is 8.23. The zero-order chi connectivity index (χ0) is 16.7. The number of hydrogen-bond acceptors (Lipinski definition) is 3. The Labute approximate surface area is 137 Å². The van der Waals surface area contributed by atoms with Gasteiger partial charge in [0.25, 0.3) is 5.91 Å². The largest absolute Gasteiger partial charge is 0.482 e. The number of fused-ring (bicyclic) bond motifs is 1. The van der Waals surface area contributed by atoms with Gasteiger partial charge < -0.3 is 14.7 Å². The lowest BCUT2D eigenvalue weighted by molar-refractivity contribution is -0.121. The molecule has 23 heavy (non-hydrogen) atoms. The standard InChI is InChI=1S/C18H25NO4/c1-2-3-4-5-6-7-8-11-19-15-12-14(18(21)22)9-10-16(15)23-13-17(19)20/h9-10,12H,2-8,11,13H2,1H3,(H,21,22). The van der Waals surface area contributed by atoms with Crippen molar-refractivity contribution in [2.45, 2.75) is 51.9 Å². The molecule has 0 radical (unpaired) electrons. The Hall–Kier alpha value is -2.04. The SMILES string of the molecule is CCCCCCCCCN1C(=O)COc2ccc(C(=O)O)cc21. The number of carbonyl (C=O) groups excluding carboxylic acids is 1. The Kier molecular flexibility index (Phi) is 6.44. The molecule has 0 saturated carbocycles. The average molecular weight is 319 g/mol. The topological polar surface area (TPSA) is 66.8 Å². The molecule has 0 fully saturated rings. The van der Waals surface area contributed by atoms with Gasteiger partial charge in [-0.15, -0.1) is 0 Å². The van der Waals surface area contributed by atoms with Crippen LogP contribution in [0.25, 0.3) is 0 Å². The minimum absolute atomic E-state index is 0.0237. The third-order valence-electron chi connectivity index (χ3n) is 4.13. The lowest BCUT2D eigenvalue weighted by Crippen LogP contribution is -2.39. The molecule has 0 aliphatic carbocycles. The van der Waals surface area contributed by atoms with E-state index in [1.807, 2.05) is 0 Å². The van der Waals surface area contributed by atoms with Crippen LogP contribution in [0, 0.1) is 0 Å². The van der Waals surface area contributed by atoms with Crippen LogP contribution in [-0.4, -0.2) is 30.1 Å². The van der Waals surface area contributed by atoms with Gasteiger partial charge in [-0.3, -0.25) is 4.79 Å². The van der Waals surface area contributed by atoms with Crippen LogP contribution in [0.2, 0.25) is 0 Å². The molecule has 0 bridgehead atoms. The third kappa shape index (κ3) is 4.71. The molecule has 1 N–H and O–H groups in total. The maximum Gasteiger partial charge on any atom is 0.335 e. The molecule has 0 aromatic heterocycles. The number of amides is 1. The fourth-order valence-corrected chi connectivity index (χ4v) is 2.81. The second kappa shape index (κ2) is 8.56. The van der Waals surface area contributed by atoms with Crippen LogP contribution in [0.15, 0.2) is 18.2 Å². The zero-order valence-electron chi connectivity index (χ0n) is 13.7. The van der Waals surface area contributed by atoms with Crippen LogP contribution >= 0.6 is 0 Å². The number of rotatable bonds is 9. The first kappa shape index (κ1) is 17.3.